The molecule has 0 aliphatic rings. The predicted molar refractivity (Wildman–Crippen MR) is 140 cm³/mol. The van der Waals surface area contributed by atoms with Crippen LogP contribution < -0.4 is 20.7 Å². The predicted octanol–water partition coefficient (Wildman–Crippen LogP) is 6.18. The Hall–Kier alpha value is -3.96. The zero-order chi connectivity index (χ0) is 25.2. The van der Waals surface area contributed by atoms with Gasteiger partial charge in [-0.1, -0.05) is 37.6 Å². The quantitative estimate of drug-likeness (QED) is 0.245. The number of nitrogens with zero attached hydrogens (tertiary/aromatic N) is 1. The standard InChI is InChI=1S/C27H27FN4O2S/c1-3-4-15-34-25-16-21(13-14-24(25)32-26(33)22-7-5-6-8-23(22)28)31-27(35)30-18(2)20-11-9-19(17-29)10-12-20/h5-14,16,18H,3-4,15H2,1-2H3,(H,32,33)(H2,30,31,35). The number of unbranched alkanes of at least 4 members (excludes halogenated alkanes) is 1. The smallest absolute Gasteiger partial charge is 0.258 e. The average Bonchev–Trinajstić information content (AvgIpc) is 2.85. The lowest BCUT2D eigenvalue weighted by Gasteiger charge is -2.19. The molecular formula is C27H27FN4O2S. The van der Waals surface area contributed by atoms with Crippen LogP contribution in [0.5, 0.6) is 5.75 Å². The van der Waals surface area contributed by atoms with Gasteiger partial charge in [0.25, 0.3) is 5.91 Å². The van der Waals surface area contributed by atoms with Crippen molar-refractivity contribution >= 4 is 34.6 Å². The fourth-order valence-electron chi connectivity index (χ4n) is 3.28. The summed E-state index contributed by atoms with van der Waals surface area (Å²) >= 11 is 5.46. The number of benzene rings is 3. The first-order valence-electron chi connectivity index (χ1n) is 11.3. The van der Waals surface area contributed by atoms with Gasteiger partial charge in [0.05, 0.1) is 35.5 Å². The largest absolute Gasteiger partial charge is 0.491 e. The molecule has 1 atom stereocenters. The number of rotatable bonds is 9. The molecule has 0 aromatic heterocycles. The second kappa shape index (κ2) is 12.5. The fraction of sp³-hybridized carbons (Fsp3) is 0.222. The van der Waals surface area contributed by atoms with E-state index in [2.05, 4.69) is 28.9 Å². The summed E-state index contributed by atoms with van der Waals surface area (Å²) in [5.41, 5.74) is 2.65. The van der Waals surface area contributed by atoms with E-state index in [0.29, 0.717) is 34.4 Å². The number of ether oxygens (including phenoxy) is 1. The Morgan fingerprint density at radius 1 is 1.11 bits per heavy atom. The molecule has 1 amide bonds. The van der Waals surface area contributed by atoms with E-state index in [9.17, 15) is 9.18 Å². The van der Waals surface area contributed by atoms with Crippen LogP contribution in [0, 0.1) is 17.1 Å². The highest BCUT2D eigenvalue weighted by molar-refractivity contribution is 7.80. The van der Waals surface area contributed by atoms with E-state index in [0.717, 1.165) is 18.4 Å². The number of amides is 1. The third-order valence-electron chi connectivity index (χ3n) is 5.25. The van der Waals surface area contributed by atoms with Crippen LogP contribution in [0.2, 0.25) is 0 Å². The number of halogens is 1. The molecule has 0 fully saturated rings. The number of thiocarbonyl (C=S) groups is 1. The summed E-state index contributed by atoms with van der Waals surface area (Å²) in [6.07, 6.45) is 1.80. The van der Waals surface area contributed by atoms with E-state index < -0.39 is 11.7 Å². The molecule has 0 heterocycles. The van der Waals surface area contributed by atoms with Gasteiger partial charge in [0.2, 0.25) is 0 Å². The van der Waals surface area contributed by atoms with E-state index in [-0.39, 0.29) is 11.6 Å². The van der Waals surface area contributed by atoms with E-state index in [1.807, 2.05) is 19.1 Å². The molecule has 0 bridgehead atoms. The van der Waals surface area contributed by atoms with Crippen molar-refractivity contribution in [3.05, 3.63) is 89.2 Å². The monoisotopic (exact) mass is 490 g/mol. The molecule has 35 heavy (non-hydrogen) atoms. The van der Waals surface area contributed by atoms with Crippen LogP contribution in [0.3, 0.4) is 0 Å². The van der Waals surface area contributed by atoms with E-state index in [1.165, 1.54) is 18.2 Å². The Kier molecular flexibility index (Phi) is 9.16. The van der Waals surface area contributed by atoms with Crippen LogP contribution in [0.4, 0.5) is 15.8 Å². The van der Waals surface area contributed by atoms with Gasteiger partial charge < -0.3 is 20.7 Å². The number of carbonyl (C=O) groups excluding carboxylic acids is 1. The van der Waals surface area contributed by atoms with Crippen molar-refractivity contribution in [3.8, 4) is 11.8 Å². The van der Waals surface area contributed by atoms with E-state index in [1.54, 1.807) is 36.4 Å². The van der Waals surface area contributed by atoms with Crippen LogP contribution in [0.1, 0.15) is 54.2 Å². The number of hydrogen-bond acceptors (Lipinski definition) is 4. The highest BCUT2D eigenvalue weighted by Gasteiger charge is 2.15. The van der Waals surface area contributed by atoms with Crippen LogP contribution in [-0.4, -0.2) is 17.6 Å². The van der Waals surface area contributed by atoms with Crippen molar-refractivity contribution in [2.45, 2.75) is 32.7 Å². The number of hydrogen-bond donors (Lipinski definition) is 3. The van der Waals surface area contributed by atoms with Crippen LogP contribution in [0.25, 0.3) is 0 Å². The Bertz CT molecular complexity index is 1220. The van der Waals surface area contributed by atoms with Gasteiger partial charge in [-0.05, 0) is 67.5 Å². The van der Waals surface area contributed by atoms with Crippen molar-refractivity contribution in [1.29, 1.82) is 5.26 Å². The summed E-state index contributed by atoms with van der Waals surface area (Å²) in [7, 11) is 0. The van der Waals surface area contributed by atoms with Gasteiger partial charge in [0.1, 0.15) is 11.6 Å². The van der Waals surface area contributed by atoms with Gasteiger partial charge in [-0.3, -0.25) is 4.79 Å². The van der Waals surface area contributed by atoms with Crippen LogP contribution in [-0.2, 0) is 0 Å². The lowest BCUT2D eigenvalue weighted by atomic mass is 10.1. The first-order valence-corrected chi connectivity index (χ1v) is 11.7. The van der Waals surface area contributed by atoms with Crippen molar-refractivity contribution < 1.29 is 13.9 Å². The minimum absolute atomic E-state index is 0.0450. The lowest BCUT2D eigenvalue weighted by molar-refractivity contribution is 0.102. The Balaban J connectivity index is 1.71. The molecule has 0 saturated heterocycles. The summed E-state index contributed by atoms with van der Waals surface area (Å²) in [4.78, 5) is 12.6. The van der Waals surface area contributed by atoms with Gasteiger partial charge >= 0.3 is 0 Å². The van der Waals surface area contributed by atoms with E-state index in [4.69, 9.17) is 22.2 Å². The number of anilines is 2. The molecule has 0 saturated carbocycles. The van der Waals surface area contributed by atoms with Gasteiger partial charge in [-0.15, -0.1) is 0 Å². The molecule has 0 aliphatic carbocycles. The Morgan fingerprint density at radius 3 is 2.54 bits per heavy atom. The first-order chi connectivity index (χ1) is 16.9. The zero-order valence-corrected chi connectivity index (χ0v) is 20.4. The molecule has 180 valence electrons. The second-order valence-electron chi connectivity index (χ2n) is 7.90. The van der Waals surface area contributed by atoms with E-state index >= 15 is 0 Å². The molecule has 8 heteroatoms. The van der Waals surface area contributed by atoms with Crippen molar-refractivity contribution in [1.82, 2.24) is 5.32 Å². The minimum Gasteiger partial charge on any atom is -0.491 e. The average molecular weight is 491 g/mol. The molecule has 0 spiro atoms. The maximum atomic E-state index is 14.0. The Morgan fingerprint density at radius 2 is 1.86 bits per heavy atom. The number of nitriles is 1. The van der Waals surface area contributed by atoms with Crippen LogP contribution in [0.15, 0.2) is 66.7 Å². The summed E-state index contributed by atoms with van der Waals surface area (Å²) < 4.78 is 19.9. The molecule has 3 rings (SSSR count). The molecule has 3 aromatic carbocycles. The van der Waals surface area contributed by atoms with Gasteiger partial charge in [-0.25, -0.2) is 4.39 Å². The number of nitrogens with one attached hydrogen (secondary N) is 3. The molecule has 3 aromatic rings. The second-order valence-corrected chi connectivity index (χ2v) is 8.31. The van der Waals surface area contributed by atoms with Crippen molar-refractivity contribution in [2.75, 3.05) is 17.2 Å². The Labute approximate surface area is 210 Å². The first kappa shape index (κ1) is 25.7. The third kappa shape index (κ3) is 7.26. The van der Waals surface area contributed by atoms with Crippen molar-refractivity contribution in [3.63, 3.8) is 0 Å². The maximum absolute atomic E-state index is 14.0. The van der Waals surface area contributed by atoms with Crippen LogP contribution >= 0.6 is 12.2 Å². The lowest BCUT2D eigenvalue weighted by Crippen LogP contribution is -2.30. The highest BCUT2D eigenvalue weighted by atomic mass is 32.1. The normalized spacial score (nSPS) is 11.1. The summed E-state index contributed by atoms with van der Waals surface area (Å²) in [6.45, 7) is 4.50. The fourth-order valence-corrected chi connectivity index (χ4v) is 3.57. The van der Waals surface area contributed by atoms with Gasteiger partial charge in [0, 0.05) is 11.8 Å². The van der Waals surface area contributed by atoms with Gasteiger partial charge in [0.15, 0.2) is 5.11 Å². The summed E-state index contributed by atoms with van der Waals surface area (Å²) in [6, 6.07) is 20.3. The molecular weight excluding hydrogens is 463 g/mol. The van der Waals surface area contributed by atoms with Gasteiger partial charge in [-0.2, -0.15) is 5.26 Å². The molecule has 0 aliphatic heterocycles. The molecule has 0 radical (unpaired) electrons. The summed E-state index contributed by atoms with van der Waals surface area (Å²) in [5, 5.41) is 18.4. The highest BCUT2D eigenvalue weighted by Crippen LogP contribution is 2.29. The minimum atomic E-state index is -0.593. The summed E-state index contributed by atoms with van der Waals surface area (Å²) in [5.74, 6) is -0.696. The zero-order valence-electron chi connectivity index (χ0n) is 19.6. The third-order valence-corrected chi connectivity index (χ3v) is 5.47. The van der Waals surface area contributed by atoms with Crippen molar-refractivity contribution in [2.24, 2.45) is 0 Å². The SMILES string of the molecule is CCCCOc1cc(NC(=S)NC(C)c2ccc(C#N)cc2)ccc1NC(=O)c1ccccc1F. The maximum Gasteiger partial charge on any atom is 0.258 e. The topological polar surface area (TPSA) is 86.2 Å². The molecule has 1 unspecified atom stereocenters. The molecule has 6 nitrogen and oxygen atoms in total. The molecule has 3 N–H and O–H groups in total. The number of carbonyl (C=O) groups is 1.